The number of nitrogens with one attached hydrogen (secondary N) is 1. The van der Waals surface area contributed by atoms with E-state index in [0.717, 1.165) is 21.3 Å². The highest BCUT2D eigenvalue weighted by molar-refractivity contribution is 9.10. The molecule has 1 aromatic carbocycles. The largest absolute Gasteiger partial charge is 0.453 e. The van der Waals surface area contributed by atoms with E-state index < -0.39 is 12.1 Å². The van der Waals surface area contributed by atoms with Gasteiger partial charge < -0.3 is 19.8 Å². The Bertz CT molecular complexity index is 917. The first-order chi connectivity index (χ1) is 14.3. The van der Waals surface area contributed by atoms with Crippen LogP contribution in [0, 0.1) is 19.4 Å². The van der Waals surface area contributed by atoms with Crippen molar-refractivity contribution in [1.29, 1.82) is 0 Å². The number of halogens is 1. The average molecular weight is 472 g/mol. The van der Waals surface area contributed by atoms with Crippen molar-refractivity contribution in [3.8, 4) is 0 Å². The summed E-state index contributed by atoms with van der Waals surface area (Å²) in [4.78, 5) is 34.9. The zero-order chi connectivity index (χ0) is 21.8. The van der Waals surface area contributed by atoms with E-state index in [4.69, 9.17) is 6.57 Å². The Morgan fingerprint density at radius 3 is 2.70 bits per heavy atom. The Kier molecular flexibility index (Phi) is 6.83. The first kappa shape index (κ1) is 21.9. The van der Waals surface area contributed by atoms with Crippen LogP contribution in [0.4, 0.5) is 4.79 Å². The summed E-state index contributed by atoms with van der Waals surface area (Å²) in [7, 11) is 1.25. The highest BCUT2D eigenvalue weighted by atomic mass is 79.9. The molecule has 4 atom stereocenters. The number of likely N-dealkylation sites (tertiary alicyclic amines) is 1. The Labute approximate surface area is 185 Å². The third-order valence-electron chi connectivity index (χ3n) is 5.40. The topological polar surface area (TPSA) is 75.4 Å². The highest BCUT2D eigenvalue weighted by Gasteiger charge is 2.45. The lowest BCUT2D eigenvalue weighted by Crippen LogP contribution is -2.53. The van der Waals surface area contributed by atoms with Gasteiger partial charge in [-0.2, -0.15) is 0 Å². The molecule has 2 aliphatic heterocycles. The molecule has 156 valence electrons. The zero-order valence-electron chi connectivity index (χ0n) is 17.0. The predicted molar refractivity (Wildman–Crippen MR) is 119 cm³/mol. The van der Waals surface area contributed by atoms with Crippen molar-refractivity contribution in [3.63, 3.8) is 0 Å². The fourth-order valence-corrected chi connectivity index (χ4v) is 4.03. The zero-order valence-corrected chi connectivity index (χ0v) is 18.6. The standard InChI is InChI=1S/C22H23BrN4O3/c1-13(2)20(26-22(29)30-4)21(28)27-12-17(24-3)10-19(27)18-9-15(11-25-18)14-5-7-16(23)8-6-14/h5-8,11,13,17,19-20H,1,9-10,12H2,2,4H3/p+1/t13?,17-,19+,20+/m1/s1. The van der Waals surface area contributed by atoms with Gasteiger partial charge in [0.1, 0.15) is 5.92 Å². The Hall–Kier alpha value is -2.79. The number of rotatable bonds is 5. The molecular weight excluding hydrogens is 448 g/mol. The van der Waals surface area contributed by atoms with Gasteiger partial charge in [-0.1, -0.05) is 28.1 Å². The van der Waals surface area contributed by atoms with Gasteiger partial charge in [-0.3, -0.25) is 9.79 Å². The second kappa shape index (κ2) is 9.35. The number of amides is 2. The summed E-state index contributed by atoms with van der Waals surface area (Å²) in [6.45, 7) is 13.4. The fourth-order valence-electron chi connectivity index (χ4n) is 3.77. The minimum atomic E-state index is -0.828. The fraction of sp³-hybridized carbons (Fsp3) is 0.409. The second-order valence-corrected chi connectivity index (χ2v) is 8.49. The second-order valence-electron chi connectivity index (χ2n) is 7.57. The summed E-state index contributed by atoms with van der Waals surface area (Å²) >= 11 is 3.44. The summed E-state index contributed by atoms with van der Waals surface area (Å²) in [6.07, 6.45) is 2.31. The maximum absolute atomic E-state index is 13.3. The van der Waals surface area contributed by atoms with Crippen LogP contribution >= 0.6 is 15.9 Å². The van der Waals surface area contributed by atoms with Gasteiger partial charge in [0.2, 0.25) is 6.04 Å². The minimum absolute atomic E-state index is 0.265. The third kappa shape index (κ3) is 4.68. The van der Waals surface area contributed by atoms with Crippen LogP contribution in [0.25, 0.3) is 10.4 Å². The first-order valence-electron chi connectivity index (χ1n) is 9.70. The van der Waals surface area contributed by atoms with E-state index in [9.17, 15) is 9.59 Å². The molecule has 1 aromatic rings. The first-order valence-corrected chi connectivity index (χ1v) is 10.5. The molecule has 7 nitrogen and oxygen atoms in total. The Balaban J connectivity index is 1.78. The SMILES string of the molecule is [C-]#[N+][C@@H]1C[C@@H](C2=NC=C(c3ccc(Br)cc3)C2)N(C(=O)[C@@H](NC(=O)OC)C([CH2+])C)C1. The lowest BCUT2D eigenvalue weighted by atomic mass is 9.97. The summed E-state index contributed by atoms with van der Waals surface area (Å²) in [5.74, 6) is -0.634. The van der Waals surface area contributed by atoms with Gasteiger partial charge in [0.05, 0.1) is 33.0 Å². The van der Waals surface area contributed by atoms with E-state index in [0.29, 0.717) is 19.4 Å². The van der Waals surface area contributed by atoms with Crippen molar-refractivity contribution in [2.45, 2.75) is 37.9 Å². The molecular formula is C22H24BrN4O3+. The van der Waals surface area contributed by atoms with Crippen LogP contribution in [0.2, 0.25) is 0 Å². The van der Waals surface area contributed by atoms with Crippen LogP contribution in [0.5, 0.6) is 0 Å². The van der Waals surface area contributed by atoms with Gasteiger partial charge in [-0.25, -0.2) is 11.4 Å². The average Bonchev–Trinajstić information content (AvgIpc) is 3.38. The summed E-state index contributed by atoms with van der Waals surface area (Å²) in [6, 6.07) is 6.60. The number of benzene rings is 1. The maximum atomic E-state index is 13.3. The number of methoxy groups -OCH3 is 1. The van der Waals surface area contributed by atoms with Gasteiger partial charge in [-0.05, 0) is 30.2 Å². The molecule has 1 unspecified atom stereocenters. The van der Waals surface area contributed by atoms with Gasteiger partial charge >= 0.3 is 6.09 Å². The molecule has 0 aliphatic carbocycles. The quantitative estimate of drug-likeness (QED) is 0.664. The van der Waals surface area contributed by atoms with Crippen molar-refractivity contribution < 1.29 is 14.3 Å². The molecule has 0 bridgehead atoms. The van der Waals surface area contributed by atoms with Crippen LogP contribution in [0.15, 0.2) is 39.9 Å². The molecule has 0 spiro atoms. The third-order valence-corrected chi connectivity index (χ3v) is 5.92. The van der Waals surface area contributed by atoms with Gasteiger partial charge in [0, 0.05) is 22.8 Å². The maximum Gasteiger partial charge on any atom is 0.407 e. The number of nitrogens with zero attached hydrogens (tertiary/aromatic N) is 3. The molecule has 3 rings (SSSR count). The van der Waals surface area contributed by atoms with Crippen LogP contribution in [0.1, 0.15) is 25.3 Å². The molecule has 8 heteroatoms. The van der Waals surface area contributed by atoms with Gasteiger partial charge in [0.25, 0.3) is 5.91 Å². The molecule has 2 amide bonds. The van der Waals surface area contributed by atoms with Crippen LogP contribution in [0.3, 0.4) is 0 Å². The molecule has 0 radical (unpaired) electrons. The van der Waals surface area contributed by atoms with E-state index in [1.807, 2.05) is 30.5 Å². The van der Waals surface area contributed by atoms with Crippen molar-refractivity contribution in [2.75, 3.05) is 13.7 Å². The predicted octanol–water partition coefficient (Wildman–Crippen LogP) is 3.72. The van der Waals surface area contributed by atoms with Gasteiger partial charge in [0.15, 0.2) is 6.04 Å². The van der Waals surface area contributed by atoms with Crippen molar-refractivity contribution >= 4 is 39.2 Å². The highest BCUT2D eigenvalue weighted by Crippen LogP contribution is 2.32. The molecule has 1 N–H and O–H groups in total. The van der Waals surface area contributed by atoms with E-state index in [1.54, 1.807) is 11.8 Å². The van der Waals surface area contributed by atoms with Crippen LogP contribution in [-0.2, 0) is 9.53 Å². The molecule has 0 saturated carbocycles. The summed E-state index contributed by atoms with van der Waals surface area (Å²) < 4.78 is 5.66. The van der Waals surface area contributed by atoms with E-state index in [2.05, 4.69) is 42.7 Å². The van der Waals surface area contributed by atoms with E-state index in [-0.39, 0.29) is 23.9 Å². The number of hydrogen-bond donors (Lipinski definition) is 1. The normalized spacial score (nSPS) is 22.5. The molecule has 30 heavy (non-hydrogen) atoms. The molecule has 0 aromatic heterocycles. The number of alkyl carbamates (subject to hydrolysis) is 1. The number of hydrogen-bond acceptors (Lipinski definition) is 4. The van der Waals surface area contributed by atoms with Crippen molar-refractivity contribution in [2.24, 2.45) is 10.9 Å². The van der Waals surface area contributed by atoms with Gasteiger partial charge in [-0.15, -0.1) is 0 Å². The Morgan fingerprint density at radius 2 is 2.10 bits per heavy atom. The number of allylic oxidation sites excluding steroid dienone is 1. The number of aliphatic imine (C=N–C) groups is 1. The number of carbonyl (C=O) groups is 2. The molecule has 2 heterocycles. The number of carbonyl (C=O) groups excluding carboxylic acids is 2. The van der Waals surface area contributed by atoms with E-state index in [1.165, 1.54) is 7.11 Å². The molecule has 2 aliphatic rings. The summed E-state index contributed by atoms with van der Waals surface area (Å²) in [5.41, 5.74) is 3.01. The Morgan fingerprint density at radius 1 is 1.40 bits per heavy atom. The molecule has 1 saturated heterocycles. The molecule has 1 fully saturated rings. The van der Waals surface area contributed by atoms with Crippen molar-refractivity contribution in [3.05, 3.63) is 58.8 Å². The van der Waals surface area contributed by atoms with Crippen molar-refractivity contribution in [1.82, 2.24) is 10.2 Å². The smallest absolute Gasteiger partial charge is 0.407 e. The summed E-state index contributed by atoms with van der Waals surface area (Å²) in [5, 5.41) is 2.58. The minimum Gasteiger partial charge on any atom is -0.453 e. The lowest BCUT2D eigenvalue weighted by molar-refractivity contribution is -0.134. The number of ether oxygens (including phenoxy) is 1. The van der Waals surface area contributed by atoms with Crippen LogP contribution in [-0.4, -0.2) is 54.4 Å². The van der Waals surface area contributed by atoms with E-state index >= 15 is 0 Å². The lowest BCUT2D eigenvalue weighted by Gasteiger charge is -2.28. The van der Waals surface area contributed by atoms with Crippen LogP contribution < -0.4 is 5.32 Å². The monoisotopic (exact) mass is 471 g/mol.